The van der Waals surface area contributed by atoms with Crippen LogP contribution in [0, 0.1) is 0 Å². The van der Waals surface area contributed by atoms with E-state index < -0.39 is 6.10 Å². The number of carbonyl (C=O) groups excluding carboxylic acids is 3. The van der Waals surface area contributed by atoms with Crippen LogP contribution in [0.1, 0.15) is 323 Å². The molecule has 0 aromatic carbocycles. The van der Waals surface area contributed by atoms with Crippen molar-refractivity contribution >= 4 is 17.9 Å². The van der Waals surface area contributed by atoms with Crippen LogP contribution in [0.2, 0.25) is 0 Å². The van der Waals surface area contributed by atoms with E-state index in [9.17, 15) is 14.4 Å². The van der Waals surface area contributed by atoms with Gasteiger partial charge in [-0.1, -0.05) is 257 Å². The van der Waals surface area contributed by atoms with Crippen LogP contribution in [0.25, 0.3) is 0 Å². The Morgan fingerprint density at radius 3 is 0.758 bits per heavy atom. The summed E-state index contributed by atoms with van der Waals surface area (Å²) in [6.45, 7) is 6.67. The molecule has 0 aromatic rings. The summed E-state index contributed by atoms with van der Waals surface area (Å²) in [5.41, 5.74) is 0. The lowest BCUT2D eigenvalue weighted by molar-refractivity contribution is -0.167. The maximum Gasteiger partial charge on any atom is 0.306 e. The third-order valence-corrected chi connectivity index (χ3v) is 13.2. The largest absolute Gasteiger partial charge is 0.462 e. The van der Waals surface area contributed by atoms with E-state index in [-0.39, 0.29) is 31.1 Å². The fourth-order valence-electron chi connectivity index (χ4n) is 8.73. The molecule has 0 fully saturated rings. The molecule has 1 unspecified atom stereocenters. The van der Waals surface area contributed by atoms with Gasteiger partial charge in [-0.2, -0.15) is 0 Å². The molecule has 6 heteroatoms. The SMILES string of the molecule is CCCCCCCC/C=C\CCCCCCCC(=O)OC(COC(=O)CCCCCCCCCCC/C=C\CCCCCCCCCC)COC(=O)CCCCCCCCCCCCCC. The first kappa shape index (κ1) is 63.9. The highest BCUT2D eigenvalue weighted by molar-refractivity contribution is 5.71. The highest BCUT2D eigenvalue weighted by atomic mass is 16.6. The number of allylic oxidation sites excluding steroid dienone is 4. The molecule has 0 aromatic heterocycles. The van der Waals surface area contributed by atoms with Gasteiger partial charge in [0.1, 0.15) is 13.2 Å². The number of ether oxygens (including phenoxy) is 3. The number of rotatable bonds is 54. The second-order valence-corrected chi connectivity index (χ2v) is 19.9. The topological polar surface area (TPSA) is 78.9 Å². The molecule has 1 atom stereocenters. The predicted molar refractivity (Wildman–Crippen MR) is 284 cm³/mol. The molecule has 0 heterocycles. The van der Waals surface area contributed by atoms with Crippen LogP contribution in [0.15, 0.2) is 24.3 Å². The summed E-state index contributed by atoms with van der Waals surface area (Å²) in [5, 5.41) is 0. The van der Waals surface area contributed by atoms with Crippen LogP contribution in [-0.4, -0.2) is 37.2 Å². The smallest absolute Gasteiger partial charge is 0.306 e. The van der Waals surface area contributed by atoms with Gasteiger partial charge in [0.25, 0.3) is 0 Å². The summed E-state index contributed by atoms with van der Waals surface area (Å²) in [5.74, 6) is -0.863. The maximum atomic E-state index is 12.8. The third kappa shape index (κ3) is 52.9. The van der Waals surface area contributed by atoms with Crippen molar-refractivity contribution < 1.29 is 28.6 Å². The highest BCUT2D eigenvalue weighted by Gasteiger charge is 2.19. The van der Waals surface area contributed by atoms with E-state index in [1.807, 2.05) is 0 Å². The summed E-state index contributed by atoms with van der Waals surface area (Å²) < 4.78 is 16.9. The molecule has 0 bridgehead atoms. The maximum absolute atomic E-state index is 12.8. The fourth-order valence-corrected chi connectivity index (χ4v) is 8.73. The molecule has 0 aliphatic rings. The van der Waals surface area contributed by atoms with Gasteiger partial charge in [0.05, 0.1) is 0 Å². The Hall–Kier alpha value is -2.11. The van der Waals surface area contributed by atoms with Crippen LogP contribution in [0.3, 0.4) is 0 Å². The molecule has 0 radical (unpaired) electrons. The zero-order chi connectivity index (χ0) is 47.9. The summed E-state index contributed by atoms with van der Waals surface area (Å²) in [6.07, 6.45) is 64.6. The molecule has 6 nitrogen and oxygen atoms in total. The Morgan fingerprint density at radius 2 is 0.500 bits per heavy atom. The Bertz CT molecular complexity index is 1070. The second kappa shape index (κ2) is 55.5. The molecular formula is C60H112O6. The zero-order valence-corrected chi connectivity index (χ0v) is 44.5. The number of unbranched alkanes of at least 4 members (excludes halogenated alkanes) is 39. The standard InChI is InChI=1S/C60H112O6/c1-4-7-10-13-16-19-22-25-27-28-29-30-31-32-34-35-38-41-44-47-50-53-59(62)65-56-57(55-64-58(61)52-49-46-43-40-37-24-21-18-15-12-9-6-3)66-60(63)54-51-48-45-42-39-36-33-26-23-20-17-14-11-8-5-2/h26,28-29,33,57H,4-25,27,30-32,34-56H2,1-3H3/b29-28-,33-26-. The quantitative estimate of drug-likeness (QED) is 0.0262. The van der Waals surface area contributed by atoms with E-state index in [1.165, 1.54) is 218 Å². The minimum atomic E-state index is -0.772. The van der Waals surface area contributed by atoms with E-state index in [0.717, 1.165) is 64.2 Å². The van der Waals surface area contributed by atoms with Gasteiger partial charge in [0, 0.05) is 19.3 Å². The lowest BCUT2D eigenvalue weighted by Gasteiger charge is -2.18. The third-order valence-electron chi connectivity index (χ3n) is 13.2. The minimum absolute atomic E-state index is 0.0709. The molecule has 0 aliphatic carbocycles. The first-order chi connectivity index (χ1) is 32.5. The number of carbonyl (C=O) groups is 3. The molecule has 0 spiro atoms. The molecule has 66 heavy (non-hydrogen) atoms. The Labute approximate surface area is 411 Å². The molecule has 0 saturated carbocycles. The molecule has 0 rings (SSSR count). The van der Waals surface area contributed by atoms with Gasteiger partial charge >= 0.3 is 17.9 Å². The lowest BCUT2D eigenvalue weighted by atomic mass is 10.0. The van der Waals surface area contributed by atoms with Crippen molar-refractivity contribution in [2.45, 2.75) is 329 Å². The lowest BCUT2D eigenvalue weighted by Crippen LogP contribution is -2.30. The van der Waals surface area contributed by atoms with Crippen LogP contribution >= 0.6 is 0 Å². The average Bonchev–Trinajstić information content (AvgIpc) is 3.31. The molecule has 0 amide bonds. The van der Waals surface area contributed by atoms with Crippen molar-refractivity contribution in [3.63, 3.8) is 0 Å². The average molecular weight is 930 g/mol. The summed E-state index contributed by atoms with van der Waals surface area (Å²) in [6, 6.07) is 0. The van der Waals surface area contributed by atoms with Gasteiger partial charge in [0.15, 0.2) is 6.10 Å². The monoisotopic (exact) mass is 929 g/mol. The Balaban J connectivity index is 4.28. The van der Waals surface area contributed by atoms with E-state index in [2.05, 4.69) is 45.1 Å². The van der Waals surface area contributed by atoms with Crippen LogP contribution in [0.4, 0.5) is 0 Å². The van der Waals surface area contributed by atoms with E-state index in [4.69, 9.17) is 14.2 Å². The van der Waals surface area contributed by atoms with Crippen LogP contribution < -0.4 is 0 Å². The zero-order valence-electron chi connectivity index (χ0n) is 44.5. The van der Waals surface area contributed by atoms with E-state index >= 15 is 0 Å². The van der Waals surface area contributed by atoms with Crippen LogP contribution in [0.5, 0.6) is 0 Å². The number of esters is 3. The van der Waals surface area contributed by atoms with Crippen LogP contribution in [-0.2, 0) is 28.6 Å². The molecule has 388 valence electrons. The summed E-state index contributed by atoms with van der Waals surface area (Å²) in [7, 11) is 0. The molecule has 0 N–H and O–H groups in total. The number of hydrogen-bond donors (Lipinski definition) is 0. The van der Waals surface area contributed by atoms with Crippen molar-refractivity contribution in [1.82, 2.24) is 0 Å². The normalized spacial score (nSPS) is 12.1. The summed E-state index contributed by atoms with van der Waals surface area (Å²) >= 11 is 0. The molecule has 0 aliphatic heterocycles. The van der Waals surface area contributed by atoms with Gasteiger partial charge in [0.2, 0.25) is 0 Å². The van der Waals surface area contributed by atoms with E-state index in [0.29, 0.717) is 19.3 Å². The second-order valence-electron chi connectivity index (χ2n) is 19.9. The Morgan fingerprint density at radius 1 is 0.288 bits per heavy atom. The van der Waals surface area contributed by atoms with Gasteiger partial charge < -0.3 is 14.2 Å². The Kier molecular flexibility index (Phi) is 53.7. The van der Waals surface area contributed by atoms with Gasteiger partial charge in [-0.05, 0) is 70.6 Å². The first-order valence-electron chi connectivity index (χ1n) is 29.3. The number of hydrogen-bond acceptors (Lipinski definition) is 6. The van der Waals surface area contributed by atoms with Gasteiger partial charge in [-0.3, -0.25) is 14.4 Å². The minimum Gasteiger partial charge on any atom is -0.462 e. The van der Waals surface area contributed by atoms with Gasteiger partial charge in [-0.15, -0.1) is 0 Å². The van der Waals surface area contributed by atoms with E-state index in [1.54, 1.807) is 0 Å². The highest BCUT2D eigenvalue weighted by Crippen LogP contribution is 2.16. The van der Waals surface area contributed by atoms with Crippen molar-refractivity contribution in [2.75, 3.05) is 13.2 Å². The van der Waals surface area contributed by atoms with Crippen molar-refractivity contribution in [3.05, 3.63) is 24.3 Å². The molecular weight excluding hydrogens is 817 g/mol. The summed E-state index contributed by atoms with van der Waals surface area (Å²) in [4.78, 5) is 38.1. The fraction of sp³-hybridized carbons (Fsp3) is 0.883. The first-order valence-corrected chi connectivity index (χ1v) is 29.3. The van der Waals surface area contributed by atoms with Gasteiger partial charge in [-0.25, -0.2) is 0 Å². The molecule has 0 saturated heterocycles. The van der Waals surface area contributed by atoms with Crippen molar-refractivity contribution in [1.29, 1.82) is 0 Å². The van der Waals surface area contributed by atoms with Crippen molar-refractivity contribution in [3.8, 4) is 0 Å². The predicted octanol–water partition coefficient (Wildman–Crippen LogP) is 19.5. The van der Waals surface area contributed by atoms with Crippen molar-refractivity contribution in [2.24, 2.45) is 0 Å².